The number of ether oxygens (including phenoxy) is 3. The maximum absolute atomic E-state index is 12.9. The molecule has 1 aromatic carbocycles. The average molecular weight is 506 g/mol. The molecule has 2 unspecified atom stereocenters. The average Bonchev–Trinajstić information content (AvgIpc) is 2.79. The Balaban J connectivity index is 0.00000342. The summed E-state index contributed by atoms with van der Waals surface area (Å²) < 4.78 is 18.1. The molecule has 2 aliphatic heterocycles. The first kappa shape index (κ1) is 28.0. The predicted molar refractivity (Wildman–Crippen MR) is 143 cm³/mol. The largest absolute Gasteiger partial charge is 0.487 e. The number of fused-ring (bicyclic) bond motifs is 3. The third-order valence-corrected chi connectivity index (χ3v) is 7.76. The van der Waals surface area contributed by atoms with Crippen molar-refractivity contribution < 1.29 is 19.0 Å². The molecule has 0 aromatic heterocycles. The molecule has 0 saturated carbocycles. The van der Waals surface area contributed by atoms with E-state index in [0.717, 1.165) is 82.0 Å². The number of esters is 1. The van der Waals surface area contributed by atoms with Gasteiger partial charge in [0.1, 0.15) is 17.1 Å². The van der Waals surface area contributed by atoms with Crippen LogP contribution in [0.3, 0.4) is 0 Å². The van der Waals surface area contributed by atoms with Gasteiger partial charge in [-0.25, -0.2) is 0 Å². The fraction of sp³-hybridized carbons (Fsp3) is 0.690. The highest BCUT2D eigenvalue weighted by Crippen LogP contribution is 2.53. The van der Waals surface area contributed by atoms with E-state index in [9.17, 15) is 4.79 Å². The minimum absolute atomic E-state index is 0. The zero-order valence-corrected chi connectivity index (χ0v) is 22.9. The predicted octanol–water partition coefficient (Wildman–Crippen LogP) is 6.47. The Bertz CT molecular complexity index is 891. The van der Waals surface area contributed by atoms with Crippen LogP contribution in [0.1, 0.15) is 89.7 Å². The van der Waals surface area contributed by atoms with Crippen molar-refractivity contribution in [2.75, 3.05) is 32.8 Å². The molecular weight excluding hydrogens is 462 g/mol. The number of nitrogens with zero attached hydrogens (tertiary/aromatic N) is 1. The molecule has 2 heterocycles. The lowest BCUT2D eigenvalue weighted by Gasteiger charge is -2.46. The van der Waals surface area contributed by atoms with Crippen molar-refractivity contribution in [2.24, 2.45) is 5.92 Å². The number of hydrogen-bond acceptors (Lipinski definition) is 5. The quantitative estimate of drug-likeness (QED) is 0.166. The Morgan fingerprint density at radius 1 is 1.17 bits per heavy atom. The SMILES string of the molecule is CCCCCc1cc(OC(=O)CCCN2CCOCC2)c2c(c1)OC(C)(C)C1CCC(C)=CC21.Cl. The lowest BCUT2D eigenvalue weighted by molar-refractivity contribution is -0.134. The number of allylic oxidation sites excluding steroid dienone is 2. The van der Waals surface area contributed by atoms with Gasteiger partial charge in [0.2, 0.25) is 0 Å². The molecule has 1 fully saturated rings. The summed E-state index contributed by atoms with van der Waals surface area (Å²) in [5, 5.41) is 0. The third kappa shape index (κ3) is 7.02. The van der Waals surface area contributed by atoms with Gasteiger partial charge in [-0.05, 0) is 77.1 Å². The maximum atomic E-state index is 12.9. The maximum Gasteiger partial charge on any atom is 0.311 e. The van der Waals surface area contributed by atoms with Crippen molar-refractivity contribution in [2.45, 2.75) is 90.6 Å². The molecule has 0 spiro atoms. The Morgan fingerprint density at radius 2 is 1.94 bits per heavy atom. The van der Waals surface area contributed by atoms with Crippen LogP contribution < -0.4 is 9.47 Å². The molecule has 3 aliphatic rings. The van der Waals surface area contributed by atoms with Crippen LogP contribution in [-0.2, 0) is 16.0 Å². The van der Waals surface area contributed by atoms with Crippen LogP contribution in [0.2, 0.25) is 0 Å². The van der Waals surface area contributed by atoms with Gasteiger partial charge in [-0.2, -0.15) is 0 Å². The second kappa shape index (κ2) is 12.6. The Morgan fingerprint density at radius 3 is 2.69 bits per heavy atom. The first-order valence-corrected chi connectivity index (χ1v) is 13.4. The number of benzene rings is 1. The van der Waals surface area contributed by atoms with E-state index in [0.29, 0.717) is 12.3 Å². The lowest BCUT2D eigenvalue weighted by Crippen LogP contribution is -2.45. The summed E-state index contributed by atoms with van der Waals surface area (Å²) in [7, 11) is 0. The summed E-state index contributed by atoms with van der Waals surface area (Å²) in [5.41, 5.74) is 3.45. The van der Waals surface area contributed by atoms with Crippen molar-refractivity contribution in [3.63, 3.8) is 0 Å². The fourth-order valence-corrected chi connectivity index (χ4v) is 5.81. The molecule has 2 atom stereocenters. The Labute approximate surface area is 218 Å². The number of aryl methyl sites for hydroxylation is 1. The number of carbonyl (C=O) groups excluding carboxylic acids is 1. The van der Waals surface area contributed by atoms with Crippen LogP contribution in [0.15, 0.2) is 23.8 Å². The number of carbonyl (C=O) groups is 1. The molecule has 0 amide bonds. The van der Waals surface area contributed by atoms with Crippen molar-refractivity contribution in [1.29, 1.82) is 0 Å². The van der Waals surface area contributed by atoms with Crippen molar-refractivity contribution in [3.8, 4) is 11.5 Å². The second-order valence-electron chi connectivity index (χ2n) is 10.9. The van der Waals surface area contributed by atoms with E-state index in [1.54, 1.807) is 0 Å². The monoisotopic (exact) mass is 505 g/mol. The number of morpholine rings is 1. The van der Waals surface area contributed by atoms with E-state index in [1.807, 2.05) is 0 Å². The number of unbranched alkanes of at least 4 members (excludes halogenated alkanes) is 2. The molecule has 4 rings (SSSR count). The molecule has 35 heavy (non-hydrogen) atoms. The molecule has 1 aromatic rings. The van der Waals surface area contributed by atoms with Crippen LogP contribution in [0.25, 0.3) is 0 Å². The standard InChI is InChI=1S/C29H43NO4.ClH/c1-5-6-7-9-22-19-25(33-27(31)10-8-13-30-14-16-32-17-15-30)28-23-18-21(2)11-12-24(23)29(3,4)34-26(28)20-22;/h18-20,23-24H,5-17H2,1-4H3;1H. The highest BCUT2D eigenvalue weighted by molar-refractivity contribution is 5.85. The van der Waals surface area contributed by atoms with Crippen molar-refractivity contribution in [3.05, 3.63) is 34.9 Å². The minimum atomic E-state index is -0.240. The van der Waals surface area contributed by atoms with Crippen molar-refractivity contribution in [1.82, 2.24) is 4.90 Å². The van der Waals surface area contributed by atoms with Gasteiger partial charge in [0.05, 0.1) is 13.2 Å². The summed E-state index contributed by atoms with van der Waals surface area (Å²) in [6.07, 6.45) is 10.4. The zero-order valence-electron chi connectivity index (χ0n) is 22.1. The van der Waals surface area contributed by atoms with Gasteiger partial charge in [0.15, 0.2) is 0 Å². The second-order valence-corrected chi connectivity index (χ2v) is 10.9. The van der Waals surface area contributed by atoms with Crippen LogP contribution in [-0.4, -0.2) is 49.3 Å². The Kier molecular flexibility index (Phi) is 10.1. The van der Waals surface area contributed by atoms with E-state index in [4.69, 9.17) is 14.2 Å². The topological polar surface area (TPSA) is 48.0 Å². The molecule has 0 N–H and O–H groups in total. The first-order valence-electron chi connectivity index (χ1n) is 13.4. The van der Waals surface area contributed by atoms with Gasteiger partial charge >= 0.3 is 5.97 Å². The first-order chi connectivity index (χ1) is 16.4. The summed E-state index contributed by atoms with van der Waals surface area (Å²) in [6.45, 7) is 13.2. The molecule has 0 bridgehead atoms. The molecule has 196 valence electrons. The van der Waals surface area contributed by atoms with Gasteiger partial charge in [-0.1, -0.05) is 31.4 Å². The molecule has 6 heteroatoms. The van der Waals surface area contributed by atoms with Gasteiger partial charge in [0.25, 0.3) is 0 Å². The third-order valence-electron chi connectivity index (χ3n) is 7.76. The lowest BCUT2D eigenvalue weighted by atomic mass is 9.68. The summed E-state index contributed by atoms with van der Waals surface area (Å²) >= 11 is 0. The van der Waals surface area contributed by atoms with E-state index in [2.05, 4.69) is 50.8 Å². The molecule has 5 nitrogen and oxygen atoms in total. The summed E-state index contributed by atoms with van der Waals surface area (Å²) in [4.78, 5) is 15.3. The van der Waals surface area contributed by atoms with Gasteiger partial charge in [0, 0.05) is 36.9 Å². The van der Waals surface area contributed by atoms with E-state index in [1.165, 1.54) is 24.0 Å². The van der Waals surface area contributed by atoms with E-state index >= 15 is 0 Å². The number of hydrogen-bond donors (Lipinski definition) is 0. The van der Waals surface area contributed by atoms with Gasteiger partial charge in [-0.3, -0.25) is 9.69 Å². The van der Waals surface area contributed by atoms with Crippen molar-refractivity contribution >= 4 is 18.4 Å². The number of rotatable bonds is 9. The Hall–Kier alpha value is -1.56. The van der Waals surface area contributed by atoms with Gasteiger partial charge < -0.3 is 14.2 Å². The zero-order chi connectivity index (χ0) is 24.1. The summed E-state index contributed by atoms with van der Waals surface area (Å²) in [5.74, 6) is 2.10. The highest BCUT2D eigenvalue weighted by Gasteiger charge is 2.45. The molecule has 1 aliphatic carbocycles. The van der Waals surface area contributed by atoms with E-state index < -0.39 is 0 Å². The van der Waals surface area contributed by atoms with Gasteiger partial charge in [-0.15, -0.1) is 12.4 Å². The normalized spacial score (nSPS) is 23.3. The minimum Gasteiger partial charge on any atom is -0.487 e. The van der Waals surface area contributed by atoms with Crippen LogP contribution >= 0.6 is 12.4 Å². The molecule has 0 radical (unpaired) electrons. The van der Waals surface area contributed by atoms with E-state index in [-0.39, 0.29) is 29.9 Å². The molecular formula is C29H44ClNO4. The highest BCUT2D eigenvalue weighted by atomic mass is 35.5. The number of halogens is 1. The van der Waals surface area contributed by atoms with Crippen LogP contribution in [0, 0.1) is 5.92 Å². The smallest absolute Gasteiger partial charge is 0.311 e. The summed E-state index contributed by atoms with van der Waals surface area (Å²) in [6, 6.07) is 4.32. The fourth-order valence-electron chi connectivity index (χ4n) is 5.81. The molecule has 1 saturated heterocycles. The van der Waals surface area contributed by atoms with Crippen LogP contribution in [0.5, 0.6) is 11.5 Å². The van der Waals surface area contributed by atoms with Crippen LogP contribution in [0.4, 0.5) is 0 Å².